The van der Waals surface area contributed by atoms with Gasteiger partial charge in [0.15, 0.2) is 0 Å². The van der Waals surface area contributed by atoms with Crippen molar-refractivity contribution in [1.82, 2.24) is 9.97 Å². The molecule has 6 nitrogen and oxygen atoms in total. The molecule has 0 atom stereocenters. The van der Waals surface area contributed by atoms with Crippen LogP contribution in [0.3, 0.4) is 0 Å². The van der Waals surface area contributed by atoms with E-state index in [1.165, 1.54) is 27.2 Å². The Morgan fingerprint density at radius 3 is 1.94 bits per heavy atom. The summed E-state index contributed by atoms with van der Waals surface area (Å²) in [6.07, 6.45) is 4.83. The number of furan rings is 1. The van der Waals surface area contributed by atoms with Crippen LogP contribution in [0.25, 0.3) is 77.8 Å². The fourth-order valence-electron chi connectivity index (χ4n) is 7.71. The van der Waals surface area contributed by atoms with E-state index in [0.717, 1.165) is 67.6 Å². The molecule has 3 aromatic heterocycles. The Bertz CT molecular complexity index is 2990. The van der Waals surface area contributed by atoms with Crippen molar-refractivity contribution in [3.8, 4) is 55.9 Å². The standard InChI is InChI=1S/C34H28NO.C21H20GeNO3.Ir/c1-34(2,3)22-23-17-18-35-31(19-23)28-16-10-15-27-30-21-26(24-11-6-4-7-12-24)20-29(33(30)36-32(27)28)25-13-8-5-9-14-25;1-22(2,3)17-10-12-20(23-14-17)16-9-11-18(21(24)26-25)19(13-16)15-7-5-4-6-8-15;/h4-15,17-21H,22H2,1-3H3;4-8,10-14,25H,1-3H3;/q2*-1;. The van der Waals surface area contributed by atoms with Gasteiger partial charge in [0, 0.05) is 37.3 Å². The molecule has 0 unspecified atom stereocenters. The number of pyridine rings is 2. The molecule has 0 spiro atoms. The van der Waals surface area contributed by atoms with Crippen LogP contribution in [0.5, 0.6) is 0 Å². The van der Waals surface area contributed by atoms with Crippen molar-refractivity contribution in [2.75, 3.05) is 0 Å². The van der Waals surface area contributed by atoms with E-state index in [4.69, 9.17) is 14.7 Å². The second-order valence-electron chi connectivity index (χ2n) is 17.7. The second kappa shape index (κ2) is 19.2. The van der Waals surface area contributed by atoms with Crippen molar-refractivity contribution in [3.05, 3.63) is 187 Å². The van der Waals surface area contributed by atoms with Crippen LogP contribution >= 0.6 is 0 Å². The minimum atomic E-state index is -1.91. The third kappa shape index (κ3) is 10.3. The van der Waals surface area contributed by atoms with Gasteiger partial charge in [0.05, 0.1) is 5.58 Å². The van der Waals surface area contributed by atoms with Crippen LogP contribution < -0.4 is 4.40 Å². The Kier molecular flexibility index (Phi) is 13.7. The van der Waals surface area contributed by atoms with Crippen molar-refractivity contribution in [2.24, 2.45) is 5.41 Å². The third-order valence-corrected chi connectivity index (χ3v) is 15.0. The summed E-state index contributed by atoms with van der Waals surface area (Å²) in [6, 6.07) is 57.4. The molecule has 0 fully saturated rings. The fraction of sp³-hybridized carbons (Fsp3) is 0.145. The molecule has 0 saturated carbocycles. The van der Waals surface area contributed by atoms with Gasteiger partial charge in [0.25, 0.3) is 0 Å². The molecule has 0 amide bonds. The average molecular weight is 1070 g/mol. The smallest absolute Gasteiger partial charge is 0 e. The molecule has 317 valence electrons. The quantitative estimate of drug-likeness (QED) is 0.0706. The van der Waals surface area contributed by atoms with Gasteiger partial charge in [-0.2, -0.15) is 0 Å². The number of carbonyl (C=O) groups excluding carboxylic acids is 1. The van der Waals surface area contributed by atoms with E-state index in [9.17, 15) is 4.79 Å². The largest absolute Gasteiger partial charge is 0 e. The first-order chi connectivity index (χ1) is 29.9. The first-order valence-corrected chi connectivity index (χ1v) is 28.1. The average Bonchev–Trinajstić information content (AvgIpc) is 3.67. The zero-order valence-electron chi connectivity index (χ0n) is 36.2. The summed E-state index contributed by atoms with van der Waals surface area (Å²) in [5.41, 5.74) is 12.9. The van der Waals surface area contributed by atoms with Crippen LogP contribution in [0.2, 0.25) is 17.3 Å². The SMILES string of the molecule is CC(C)(C)Cc1ccnc(-c2[c-]ccc3c2oc2c(-c4ccccc4)cc(-c4ccccc4)cc23)c1.[CH3][Ge]([CH3])([CH3])[c]1ccc(-c2[c-]cc(C(=O)OO)c(-c3ccccc3)c2)nc1.[Ir]. The molecule has 0 saturated heterocycles. The Balaban J connectivity index is 0.000000196. The zero-order chi connectivity index (χ0) is 43.4. The minimum absolute atomic E-state index is 0. The minimum Gasteiger partial charge on any atom is 0 e. The summed E-state index contributed by atoms with van der Waals surface area (Å²) in [5, 5.41) is 11.0. The van der Waals surface area contributed by atoms with Gasteiger partial charge in [-0.3, -0.25) is 0 Å². The molecule has 63 heavy (non-hydrogen) atoms. The summed E-state index contributed by atoms with van der Waals surface area (Å²) in [5.74, 6) is 6.17. The molecule has 0 aliphatic heterocycles. The summed E-state index contributed by atoms with van der Waals surface area (Å²) >= 11 is -1.91. The van der Waals surface area contributed by atoms with Crippen LogP contribution in [-0.4, -0.2) is 34.5 Å². The van der Waals surface area contributed by atoms with Crippen LogP contribution in [0.1, 0.15) is 36.7 Å². The molecule has 0 aliphatic carbocycles. The van der Waals surface area contributed by atoms with E-state index in [2.05, 4.69) is 151 Å². The van der Waals surface area contributed by atoms with E-state index in [1.807, 2.05) is 67.0 Å². The number of benzene rings is 6. The van der Waals surface area contributed by atoms with Gasteiger partial charge in [-0.05, 0) is 52.4 Å². The zero-order valence-corrected chi connectivity index (χ0v) is 40.7. The van der Waals surface area contributed by atoms with Gasteiger partial charge < -0.3 is 9.40 Å². The molecule has 9 rings (SSSR count). The predicted octanol–water partition coefficient (Wildman–Crippen LogP) is 13.8. The first-order valence-electron chi connectivity index (χ1n) is 20.8. The maximum absolute atomic E-state index is 11.9. The number of nitrogens with zero attached hydrogens (tertiary/aromatic N) is 2. The Morgan fingerprint density at radius 1 is 0.683 bits per heavy atom. The van der Waals surface area contributed by atoms with Gasteiger partial charge in [-0.25, -0.2) is 0 Å². The van der Waals surface area contributed by atoms with Gasteiger partial charge in [-0.15, -0.1) is 18.2 Å². The van der Waals surface area contributed by atoms with Crippen LogP contribution in [-0.2, 0) is 31.4 Å². The van der Waals surface area contributed by atoms with Gasteiger partial charge in [0.2, 0.25) is 0 Å². The number of rotatable bonds is 8. The molecule has 0 bridgehead atoms. The molecule has 6 aromatic carbocycles. The topological polar surface area (TPSA) is 85.5 Å². The summed E-state index contributed by atoms with van der Waals surface area (Å²) in [4.78, 5) is 25.1. The molecule has 8 heteroatoms. The van der Waals surface area contributed by atoms with Crippen molar-refractivity contribution in [1.29, 1.82) is 0 Å². The number of hydrogen-bond donors (Lipinski definition) is 1. The number of hydrogen-bond acceptors (Lipinski definition) is 6. The number of carbonyl (C=O) groups is 1. The maximum atomic E-state index is 11.9. The Morgan fingerprint density at radius 2 is 1.33 bits per heavy atom. The van der Waals surface area contributed by atoms with E-state index < -0.39 is 19.2 Å². The van der Waals surface area contributed by atoms with E-state index in [-0.39, 0.29) is 31.1 Å². The molecular weight excluding hydrogens is 1020 g/mol. The van der Waals surface area contributed by atoms with Crippen LogP contribution in [0.15, 0.2) is 168 Å². The van der Waals surface area contributed by atoms with E-state index in [0.29, 0.717) is 5.56 Å². The fourth-order valence-corrected chi connectivity index (χ4v) is 9.88. The molecule has 1 N–H and O–H groups in total. The van der Waals surface area contributed by atoms with Crippen LogP contribution in [0.4, 0.5) is 0 Å². The van der Waals surface area contributed by atoms with Gasteiger partial charge >= 0.3 is 156 Å². The third-order valence-electron chi connectivity index (χ3n) is 10.8. The number of aromatic nitrogens is 2. The van der Waals surface area contributed by atoms with Gasteiger partial charge in [-0.1, -0.05) is 104 Å². The van der Waals surface area contributed by atoms with E-state index >= 15 is 0 Å². The van der Waals surface area contributed by atoms with Crippen molar-refractivity contribution in [2.45, 2.75) is 44.5 Å². The van der Waals surface area contributed by atoms with Crippen LogP contribution in [0, 0.1) is 17.5 Å². The molecule has 3 heterocycles. The van der Waals surface area contributed by atoms with E-state index in [1.54, 1.807) is 0 Å². The number of fused-ring (bicyclic) bond motifs is 3. The summed E-state index contributed by atoms with van der Waals surface area (Å²) < 4.78 is 8.01. The summed E-state index contributed by atoms with van der Waals surface area (Å²) in [7, 11) is 0. The molecular formula is C55H48GeIrN2O4-2. The first kappa shape index (κ1) is 45.1. The maximum Gasteiger partial charge on any atom is 0 e. The molecule has 1 radical (unpaired) electrons. The normalized spacial score (nSPS) is 11.4. The van der Waals surface area contributed by atoms with Crippen molar-refractivity contribution >= 4 is 45.6 Å². The predicted molar refractivity (Wildman–Crippen MR) is 255 cm³/mol. The monoisotopic (exact) mass is 1070 g/mol. The summed E-state index contributed by atoms with van der Waals surface area (Å²) in [6.45, 7) is 6.78. The van der Waals surface area contributed by atoms with Gasteiger partial charge in [0.1, 0.15) is 5.58 Å². The Labute approximate surface area is 385 Å². The second-order valence-corrected chi connectivity index (χ2v) is 28.4. The molecule has 9 aromatic rings. The van der Waals surface area contributed by atoms with Crippen molar-refractivity contribution < 1.29 is 39.5 Å². The molecule has 0 aliphatic rings. The van der Waals surface area contributed by atoms with Crippen molar-refractivity contribution in [3.63, 3.8) is 0 Å². The Hall–Kier alpha value is -5.96.